The molecule has 1 aliphatic heterocycles. The molecule has 0 radical (unpaired) electrons. The van der Waals surface area contributed by atoms with Gasteiger partial charge in [0.25, 0.3) is 5.91 Å². The molecule has 1 fully saturated rings. The number of benzene rings is 2. The van der Waals surface area contributed by atoms with Crippen LogP contribution in [0.2, 0.25) is 5.02 Å². The van der Waals surface area contributed by atoms with Crippen molar-refractivity contribution in [3.05, 3.63) is 70.1 Å². The Kier molecular flexibility index (Phi) is 9.82. The summed E-state index contributed by atoms with van der Waals surface area (Å²) in [6.07, 6.45) is 4.21. The van der Waals surface area contributed by atoms with E-state index in [1.165, 1.54) is 6.33 Å². The van der Waals surface area contributed by atoms with Crippen LogP contribution in [-0.4, -0.2) is 53.6 Å². The van der Waals surface area contributed by atoms with E-state index in [-0.39, 0.29) is 5.91 Å². The SMILES string of the molecule is O=C(C#CCCCCN1CCOCC1)Nc1ccc2ncnc(Nc3ccc(OCc4ccsc4)c(Cl)c3)c2c1. The minimum atomic E-state index is -0.344. The van der Waals surface area contributed by atoms with Gasteiger partial charge in [0.1, 0.15) is 24.5 Å². The molecule has 1 aliphatic rings. The number of unbranched alkanes of at least 4 members (excludes halogenated alkanes) is 2. The molecule has 206 valence electrons. The van der Waals surface area contributed by atoms with Gasteiger partial charge in [-0.15, -0.1) is 0 Å². The minimum absolute atomic E-state index is 0.344. The third kappa shape index (κ3) is 7.93. The van der Waals surface area contributed by atoms with E-state index in [0.717, 1.165) is 67.8 Å². The quantitative estimate of drug-likeness (QED) is 0.174. The third-order valence-corrected chi connectivity index (χ3v) is 7.42. The number of rotatable bonds is 10. The van der Waals surface area contributed by atoms with Gasteiger partial charge >= 0.3 is 0 Å². The number of thiophene rings is 1. The Balaban J connectivity index is 1.17. The molecule has 0 aliphatic carbocycles. The summed E-state index contributed by atoms with van der Waals surface area (Å²) < 4.78 is 11.2. The number of carbonyl (C=O) groups is 1. The molecule has 2 aromatic carbocycles. The van der Waals surface area contributed by atoms with Crippen molar-refractivity contribution >= 4 is 56.9 Å². The van der Waals surface area contributed by atoms with Crippen LogP contribution >= 0.6 is 22.9 Å². The Bertz CT molecular complexity index is 1500. The van der Waals surface area contributed by atoms with E-state index in [9.17, 15) is 4.79 Å². The average Bonchev–Trinajstić information content (AvgIpc) is 3.49. The van der Waals surface area contributed by atoms with Crippen LogP contribution in [0.3, 0.4) is 0 Å². The molecule has 1 amide bonds. The van der Waals surface area contributed by atoms with Gasteiger partial charge in [-0.1, -0.05) is 17.5 Å². The van der Waals surface area contributed by atoms with E-state index >= 15 is 0 Å². The Morgan fingerprint density at radius 2 is 1.98 bits per heavy atom. The van der Waals surface area contributed by atoms with Crippen molar-refractivity contribution in [1.82, 2.24) is 14.9 Å². The van der Waals surface area contributed by atoms with Crippen molar-refractivity contribution in [3.8, 4) is 17.6 Å². The molecular weight excluding hydrogens is 546 g/mol. The van der Waals surface area contributed by atoms with Crippen molar-refractivity contribution in [3.63, 3.8) is 0 Å². The number of hydrogen-bond donors (Lipinski definition) is 2. The third-order valence-electron chi connectivity index (χ3n) is 6.39. The highest BCUT2D eigenvalue weighted by atomic mass is 35.5. The van der Waals surface area contributed by atoms with Crippen LogP contribution < -0.4 is 15.4 Å². The van der Waals surface area contributed by atoms with Crippen molar-refractivity contribution in [2.45, 2.75) is 25.9 Å². The summed E-state index contributed by atoms with van der Waals surface area (Å²) in [7, 11) is 0. The molecular formula is C30H30ClN5O3S. The van der Waals surface area contributed by atoms with E-state index in [1.54, 1.807) is 23.5 Å². The molecule has 0 atom stereocenters. The first-order valence-electron chi connectivity index (χ1n) is 13.2. The van der Waals surface area contributed by atoms with Gasteiger partial charge in [-0.25, -0.2) is 9.97 Å². The highest BCUT2D eigenvalue weighted by Gasteiger charge is 2.10. The van der Waals surface area contributed by atoms with Crippen LogP contribution in [0.1, 0.15) is 24.8 Å². The van der Waals surface area contributed by atoms with Crippen molar-refractivity contribution in [1.29, 1.82) is 0 Å². The summed E-state index contributed by atoms with van der Waals surface area (Å²) in [5.74, 6) is 6.54. The second-order valence-electron chi connectivity index (χ2n) is 9.31. The van der Waals surface area contributed by atoms with E-state index in [0.29, 0.717) is 35.3 Å². The highest BCUT2D eigenvalue weighted by molar-refractivity contribution is 7.07. The lowest BCUT2D eigenvalue weighted by Gasteiger charge is -2.26. The first-order chi connectivity index (χ1) is 19.6. The number of amides is 1. The van der Waals surface area contributed by atoms with Crippen LogP contribution in [0.15, 0.2) is 59.6 Å². The normalized spacial score (nSPS) is 13.4. The van der Waals surface area contributed by atoms with Gasteiger partial charge in [0, 0.05) is 36.3 Å². The van der Waals surface area contributed by atoms with Gasteiger partial charge in [-0.05, 0) is 84.1 Å². The molecule has 10 heteroatoms. The lowest BCUT2D eigenvalue weighted by molar-refractivity contribution is -0.111. The lowest BCUT2D eigenvalue weighted by Crippen LogP contribution is -2.36. The Hall–Kier alpha value is -3.68. The number of morpholine rings is 1. The first-order valence-corrected chi connectivity index (χ1v) is 14.5. The highest BCUT2D eigenvalue weighted by Crippen LogP contribution is 2.31. The summed E-state index contributed by atoms with van der Waals surface area (Å²) in [4.78, 5) is 23.6. The van der Waals surface area contributed by atoms with Gasteiger partial charge in [-0.2, -0.15) is 11.3 Å². The van der Waals surface area contributed by atoms with Crippen LogP contribution in [0.5, 0.6) is 5.75 Å². The van der Waals surface area contributed by atoms with Crippen LogP contribution in [0.25, 0.3) is 10.9 Å². The van der Waals surface area contributed by atoms with Crippen molar-refractivity contribution in [2.24, 2.45) is 0 Å². The molecule has 2 N–H and O–H groups in total. The number of ether oxygens (including phenoxy) is 2. The Labute approximate surface area is 242 Å². The lowest BCUT2D eigenvalue weighted by atomic mass is 10.2. The molecule has 1 saturated heterocycles. The second-order valence-corrected chi connectivity index (χ2v) is 10.5. The number of fused-ring (bicyclic) bond motifs is 1. The van der Waals surface area contributed by atoms with E-state index in [4.69, 9.17) is 21.1 Å². The molecule has 5 rings (SSSR count). The predicted molar refractivity (Wildman–Crippen MR) is 160 cm³/mol. The maximum Gasteiger partial charge on any atom is 0.300 e. The largest absolute Gasteiger partial charge is 0.487 e. The van der Waals surface area contributed by atoms with Crippen molar-refractivity contribution in [2.75, 3.05) is 43.5 Å². The summed E-state index contributed by atoms with van der Waals surface area (Å²) >= 11 is 8.11. The Morgan fingerprint density at radius 1 is 1.10 bits per heavy atom. The van der Waals surface area contributed by atoms with Gasteiger partial charge in [0.15, 0.2) is 0 Å². The summed E-state index contributed by atoms with van der Waals surface area (Å²) in [6.45, 7) is 5.12. The standard InChI is InChI=1S/C30H30ClN5O3S/c31-26-18-24(7-9-28(26)39-19-22-10-16-40-20-22)35-30-25-17-23(6-8-27(25)32-21-33-30)34-29(37)5-3-1-2-4-11-36-12-14-38-15-13-36/h6-10,16-18,20-21H,1-2,4,11-15,19H2,(H,34,37)(H,32,33,35). The molecule has 0 spiro atoms. The molecule has 8 nitrogen and oxygen atoms in total. The molecule has 0 bridgehead atoms. The number of carbonyl (C=O) groups excluding carboxylic acids is 1. The summed E-state index contributed by atoms with van der Waals surface area (Å²) in [6, 6.07) is 13.0. The molecule has 0 unspecified atom stereocenters. The second kappa shape index (κ2) is 14.1. The molecule has 2 aromatic heterocycles. The van der Waals surface area contributed by atoms with E-state index < -0.39 is 0 Å². The van der Waals surface area contributed by atoms with Crippen LogP contribution in [0.4, 0.5) is 17.2 Å². The Morgan fingerprint density at radius 3 is 2.80 bits per heavy atom. The number of nitrogens with zero attached hydrogens (tertiary/aromatic N) is 3. The number of anilines is 3. The zero-order chi connectivity index (χ0) is 27.6. The molecule has 4 aromatic rings. The van der Waals surface area contributed by atoms with E-state index in [2.05, 4.69) is 37.3 Å². The number of nitrogens with one attached hydrogen (secondary N) is 2. The van der Waals surface area contributed by atoms with E-state index in [1.807, 2.05) is 41.1 Å². The average molecular weight is 576 g/mol. The van der Waals surface area contributed by atoms with Gasteiger partial charge in [0.2, 0.25) is 0 Å². The number of halogens is 1. The first kappa shape index (κ1) is 27.9. The minimum Gasteiger partial charge on any atom is -0.487 e. The topological polar surface area (TPSA) is 88.6 Å². The zero-order valence-electron chi connectivity index (χ0n) is 22.0. The van der Waals surface area contributed by atoms with Gasteiger partial charge in [-0.3, -0.25) is 9.69 Å². The molecule has 3 heterocycles. The zero-order valence-corrected chi connectivity index (χ0v) is 23.6. The number of aromatic nitrogens is 2. The fourth-order valence-corrected chi connectivity index (χ4v) is 5.17. The van der Waals surface area contributed by atoms with Crippen LogP contribution in [0, 0.1) is 11.8 Å². The fourth-order valence-electron chi connectivity index (χ4n) is 4.28. The van der Waals surface area contributed by atoms with Gasteiger partial charge in [0.05, 0.1) is 23.8 Å². The summed E-state index contributed by atoms with van der Waals surface area (Å²) in [5, 5.41) is 11.5. The van der Waals surface area contributed by atoms with Gasteiger partial charge < -0.3 is 20.1 Å². The maximum absolute atomic E-state index is 12.4. The monoisotopic (exact) mass is 575 g/mol. The number of hydrogen-bond acceptors (Lipinski definition) is 8. The molecule has 0 saturated carbocycles. The van der Waals surface area contributed by atoms with Crippen LogP contribution in [-0.2, 0) is 16.1 Å². The summed E-state index contributed by atoms with van der Waals surface area (Å²) in [5.41, 5.74) is 3.21. The predicted octanol–water partition coefficient (Wildman–Crippen LogP) is 6.11. The fraction of sp³-hybridized carbons (Fsp3) is 0.300. The maximum atomic E-state index is 12.4. The smallest absolute Gasteiger partial charge is 0.300 e. The van der Waals surface area contributed by atoms with Crippen molar-refractivity contribution < 1.29 is 14.3 Å². The molecule has 40 heavy (non-hydrogen) atoms.